The molecule has 0 fully saturated rings. The van der Waals surface area contributed by atoms with Crippen LogP contribution in [0.15, 0.2) is 41.1 Å². The highest BCUT2D eigenvalue weighted by Crippen LogP contribution is 2.08. The van der Waals surface area contributed by atoms with Crippen LogP contribution < -0.4 is 0 Å². The second-order valence-corrected chi connectivity index (χ2v) is 5.32. The molecule has 21 heavy (non-hydrogen) atoms. The largest absolute Gasteiger partial charge is 0.467 e. The molecule has 0 aliphatic heterocycles. The van der Waals surface area contributed by atoms with Crippen LogP contribution in [0.5, 0.6) is 0 Å². The van der Waals surface area contributed by atoms with Crippen LogP contribution in [0.1, 0.15) is 11.3 Å². The summed E-state index contributed by atoms with van der Waals surface area (Å²) in [6, 6.07) is 7.33. The summed E-state index contributed by atoms with van der Waals surface area (Å²) in [5.41, 5.74) is 1.05. The Morgan fingerprint density at radius 3 is 2.95 bits per heavy atom. The number of ether oxygens (including phenoxy) is 1. The van der Waals surface area contributed by atoms with Crippen molar-refractivity contribution < 1.29 is 14.3 Å². The molecule has 2 heterocycles. The minimum absolute atomic E-state index is 0.268. The van der Waals surface area contributed by atoms with E-state index in [1.807, 2.05) is 30.1 Å². The molecular formula is C15H19ClN2O3. The number of halogens is 1. The van der Waals surface area contributed by atoms with Crippen molar-refractivity contribution in [3.8, 4) is 0 Å². The lowest BCUT2D eigenvalue weighted by atomic mass is 10.2. The van der Waals surface area contributed by atoms with Crippen LogP contribution in [0.25, 0.3) is 0 Å². The fraction of sp³-hybridized carbons (Fsp3) is 0.400. The number of rotatable bonds is 8. The molecule has 0 saturated carbocycles. The molecule has 114 valence electrons. The fourth-order valence-electron chi connectivity index (χ4n) is 1.98. The maximum atomic E-state index is 9.94. The highest BCUT2D eigenvalue weighted by Gasteiger charge is 2.09. The van der Waals surface area contributed by atoms with Gasteiger partial charge in [0.15, 0.2) is 0 Å². The molecule has 0 saturated heterocycles. The summed E-state index contributed by atoms with van der Waals surface area (Å²) >= 11 is 5.74. The van der Waals surface area contributed by atoms with E-state index in [9.17, 15) is 5.11 Å². The summed E-state index contributed by atoms with van der Waals surface area (Å²) in [4.78, 5) is 6.04. The molecule has 0 amide bonds. The highest BCUT2D eigenvalue weighted by molar-refractivity contribution is 6.29. The van der Waals surface area contributed by atoms with E-state index >= 15 is 0 Å². The molecule has 1 atom stereocenters. The second kappa shape index (κ2) is 8.14. The molecule has 0 aliphatic rings. The first-order valence-corrected chi connectivity index (χ1v) is 7.08. The number of likely N-dealkylation sites (N-methyl/N-ethyl adjacent to an activating group) is 1. The molecule has 1 N–H and O–H groups in total. The number of furan rings is 1. The van der Waals surface area contributed by atoms with E-state index in [0.717, 1.165) is 11.3 Å². The number of aliphatic hydroxyl groups is 1. The smallest absolute Gasteiger partial charge is 0.129 e. The first-order valence-electron chi connectivity index (χ1n) is 6.70. The number of aliphatic hydroxyl groups excluding tert-OH is 1. The molecule has 0 radical (unpaired) electrons. The minimum atomic E-state index is -0.551. The van der Waals surface area contributed by atoms with E-state index in [0.29, 0.717) is 24.8 Å². The second-order valence-electron chi connectivity index (χ2n) is 4.93. The third-order valence-electron chi connectivity index (χ3n) is 2.90. The molecule has 0 aliphatic carbocycles. The lowest BCUT2D eigenvalue weighted by Crippen LogP contribution is -2.31. The number of hydrogen-bond acceptors (Lipinski definition) is 5. The Morgan fingerprint density at radius 1 is 1.43 bits per heavy atom. The molecule has 2 aromatic heterocycles. The fourth-order valence-corrected chi connectivity index (χ4v) is 2.09. The molecule has 0 aromatic carbocycles. The summed E-state index contributed by atoms with van der Waals surface area (Å²) in [7, 11) is 1.93. The van der Waals surface area contributed by atoms with Gasteiger partial charge in [0.25, 0.3) is 0 Å². The Balaban J connectivity index is 1.66. The zero-order chi connectivity index (χ0) is 15.1. The zero-order valence-corrected chi connectivity index (χ0v) is 12.7. The van der Waals surface area contributed by atoms with E-state index in [1.165, 1.54) is 0 Å². The van der Waals surface area contributed by atoms with Gasteiger partial charge in [-0.2, -0.15) is 0 Å². The van der Waals surface area contributed by atoms with E-state index in [-0.39, 0.29) is 6.61 Å². The van der Waals surface area contributed by atoms with E-state index in [1.54, 1.807) is 18.5 Å². The van der Waals surface area contributed by atoms with Gasteiger partial charge in [0.1, 0.15) is 17.5 Å². The molecular weight excluding hydrogens is 292 g/mol. The topological polar surface area (TPSA) is 58.7 Å². The molecule has 0 spiro atoms. The Bertz CT molecular complexity index is 516. The SMILES string of the molecule is CN(Cc1ccc(Cl)nc1)CC(O)COCc1ccco1. The van der Waals surface area contributed by atoms with Gasteiger partial charge in [-0.25, -0.2) is 4.98 Å². The minimum Gasteiger partial charge on any atom is -0.467 e. The van der Waals surface area contributed by atoms with Crippen molar-refractivity contribution in [2.24, 2.45) is 0 Å². The van der Waals surface area contributed by atoms with Crippen LogP contribution >= 0.6 is 11.6 Å². The Hall–Kier alpha value is -1.40. The van der Waals surface area contributed by atoms with E-state index < -0.39 is 6.10 Å². The van der Waals surface area contributed by atoms with Crippen LogP contribution in [0.2, 0.25) is 5.15 Å². The number of nitrogens with zero attached hydrogens (tertiary/aromatic N) is 2. The zero-order valence-electron chi connectivity index (χ0n) is 11.9. The lowest BCUT2D eigenvalue weighted by Gasteiger charge is -2.20. The normalized spacial score (nSPS) is 12.8. The van der Waals surface area contributed by atoms with Crippen molar-refractivity contribution in [2.75, 3.05) is 20.2 Å². The predicted octanol–water partition coefficient (Wildman–Crippen LogP) is 2.34. The van der Waals surface area contributed by atoms with Gasteiger partial charge in [-0.05, 0) is 30.8 Å². The number of pyridine rings is 1. The first-order chi connectivity index (χ1) is 10.1. The summed E-state index contributed by atoms with van der Waals surface area (Å²) in [5, 5.41) is 10.4. The van der Waals surface area contributed by atoms with E-state index in [4.69, 9.17) is 20.8 Å². The van der Waals surface area contributed by atoms with Crippen molar-refractivity contribution in [3.05, 3.63) is 53.2 Å². The van der Waals surface area contributed by atoms with Gasteiger partial charge in [-0.15, -0.1) is 0 Å². The first kappa shape index (κ1) is 16.0. The summed E-state index contributed by atoms with van der Waals surface area (Å²) in [5.74, 6) is 0.753. The van der Waals surface area contributed by atoms with Crippen molar-refractivity contribution in [2.45, 2.75) is 19.3 Å². The van der Waals surface area contributed by atoms with Crippen molar-refractivity contribution >= 4 is 11.6 Å². The monoisotopic (exact) mass is 310 g/mol. The maximum absolute atomic E-state index is 9.94. The van der Waals surface area contributed by atoms with Gasteiger partial charge in [-0.3, -0.25) is 4.90 Å². The van der Waals surface area contributed by atoms with Crippen LogP contribution in [0.3, 0.4) is 0 Å². The summed E-state index contributed by atoms with van der Waals surface area (Å²) in [6.07, 6.45) is 2.78. The molecule has 0 bridgehead atoms. The standard InChI is InChI=1S/C15H19ClN2O3/c1-18(8-12-4-5-15(16)17-7-12)9-13(19)10-20-11-14-3-2-6-21-14/h2-7,13,19H,8-11H2,1H3. The van der Waals surface area contributed by atoms with Crippen molar-refractivity contribution in [1.82, 2.24) is 9.88 Å². The van der Waals surface area contributed by atoms with Crippen LogP contribution in [-0.4, -0.2) is 41.3 Å². The van der Waals surface area contributed by atoms with Crippen molar-refractivity contribution in [1.29, 1.82) is 0 Å². The summed E-state index contributed by atoms with van der Waals surface area (Å²) < 4.78 is 10.6. The molecule has 1 unspecified atom stereocenters. The maximum Gasteiger partial charge on any atom is 0.129 e. The van der Waals surface area contributed by atoms with Crippen LogP contribution in [0.4, 0.5) is 0 Å². The van der Waals surface area contributed by atoms with Gasteiger partial charge in [-0.1, -0.05) is 17.7 Å². The van der Waals surface area contributed by atoms with Crippen LogP contribution in [0, 0.1) is 0 Å². The molecule has 5 nitrogen and oxygen atoms in total. The van der Waals surface area contributed by atoms with Gasteiger partial charge in [0.05, 0.1) is 19.0 Å². The Labute approximate surface area is 129 Å². The van der Waals surface area contributed by atoms with E-state index in [2.05, 4.69) is 4.98 Å². The van der Waals surface area contributed by atoms with Gasteiger partial charge >= 0.3 is 0 Å². The average Bonchev–Trinajstić information content (AvgIpc) is 2.94. The van der Waals surface area contributed by atoms with Crippen molar-refractivity contribution in [3.63, 3.8) is 0 Å². The molecule has 2 aromatic rings. The summed E-state index contributed by atoms with van der Waals surface area (Å²) in [6.45, 7) is 1.85. The number of hydrogen-bond donors (Lipinski definition) is 1. The Kier molecular flexibility index (Phi) is 6.20. The molecule has 2 rings (SSSR count). The third kappa shape index (κ3) is 5.85. The van der Waals surface area contributed by atoms with Crippen LogP contribution in [-0.2, 0) is 17.9 Å². The Morgan fingerprint density at radius 2 is 2.29 bits per heavy atom. The molecule has 6 heteroatoms. The van der Waals surface area contributed by atoms with Gasteiger partial charge in [0.2, 0.25) is 0 Å². The average molecular weight is 311 g/mol. The predicted molar refractivity (Wildman–Crippen MR) is 80.0 cm³/mol. The number of aromatic nitrogens is 1. The van der Waals surface area contributed by atoms with Gasteiger partial charge < -0.3 is 14.3 Å². The quantitative estimate of drug-likeness (QED) is 0.758. The third-order valence-corrected chi connectivity index (χ3v) is 3.12. The lowest BCUT2D eigenvalue weighted by molar-refractivity contribution is 0.00767. The van der Waals surface area contributed by atoms with Gasteiger partial charge in [0, 0.05) is 19.3 Å². The highest BCUT2D eigenvalue weighted by atomic mass is 35.5.